The van der Waals surface area contributed by atoms with Gasteiger partial charge < -0.3 is 10.6 Å². The molecule has 3 aromatic rings. The third-order valence-corrected chi connectivity index (χ3v) is 6.30. The maximum atomic E-state index is 12.4. The molecule has 8 heteroatoms. The van der Waals surface area contributed by atoms with Gasteiger partial charge in [0.25, 0.3) is 5.91 Å². The van der Waals surface area contributed by atoms with Crippen LogP contribution in [-0.2, 0) is 4.79 Å². The number of rotatable bonds is 5. The molecule has 0 aliphatic heterocycles. The lowest BCUT2D eigenvalue weighted by Crippen LogP contribution is -2.32. The van der Waals surface area contributed by atoms with Crippen LogP contribution in [0.2, 0.25) is 0 Å². The SMILES string of the molecule is Cc1cc(Br)ccc1NC(=O)CNC(=O)c1sc(-c2cccs2)nc1C. The van der Waals surface area contributed by atoms with Crippen molar-refractivity contribution in [3.63, 3.8) is 0 Å². The first-order valence-corrected chi connectivity index (χ1v) is 10.3. The Kier molecular flexibility index (Phi) is 5.85. The number of hydrogen-bond acceptors (Lipinski definition) is 5. The normalized spacial score (nSPS) is 10.6. The van der Waals surface area contributed by atoms with E-state index in [4.69, 9.17) is 0 Å². The number of hydrogen-bond donors (Lipinski definition) is 2. The van der Waals surface area contributed by atoms with Crippen LogP contribution in [0.25, 0.3) is 9.88 Å². The summed E-state index contributed by atoms with van der Waals surface area (Å²) in [7, 11) is 0. The van der Waals surface area contributed by atoms with Crippen LogP contribution in [0.1, 0.15) is 20.9 Å². The minimum Gasteiger partial charge on any atom is -0.342 e. The highest BCUT2D eigenvalue weighted by Gasteiger charge is 2.17. The highest BCUT2D eigenvalue weighted by Crippen LogP contribution is 2.30. The molecule has 134 valence electrons. The summed E-state index contributed by atoms with van der Waals surface area (Å²) in [5, 5.41) is 8.25. The molecule has 0 fully saturated rings. The Hall–Kier alpha value is -2.03. The first kappa shape index (κ1) is 18.8. The largest absolute Gasteiger partial charge is 0.342 e. The van der Waals surface area contributed by atoms with Crippen LogP contribution in [0.15, 0.2) is 40.2 Å². The van der Waals surface area contributed by atoms with Crippen molar-refractivity contribution in [2.45, 2.75) is 13.8 Å². The van der Waals surface area contributed by atoms with Crippen LogP contribution < -0.4 is 10.6 Å². The Balaban J connectivity index is 1.61. The van der Waals surface area contributed by atoms with E-state index in [-0.39, 0.29) is 18.4 Å². The number of halogens is 1. The summed E-state index contributed by atoms with van der Waals surface area (Å²) in [6.45, 7) is 3.61. The fraction of sp³-hybridized carbons (Fsp3) is 0.167. The number of carbonyl (C=O) groups excluding carboxylic acids is 2. The maximum Gasteiger partial charge on any atom is 0.263 e. The third-order valence-electron chi connectivity index (χ3n) is 3.61. The fourth-order valence-electron chi connectivity index (χ4n) is 2.32. The molecule has 0 saturated carbocycles. The number of nitrogens with zero attached hydrogens (tertiary/aromatic N) is 1. The number of carbonyl (C=O) groups is 2. The summed E-state index contributed by atoms with van der Waals surface area (Å²) in [6, 6.07) is 9.51. The number of benzene rings is 1. The lowest BCUT2D eigenvalue weighted by atomic mass is 10.2. The van der Waals surface area contributed by atoms with Crippen LogP contribution in [0.4, 0.5) is 5.69 Å². The van der Waals surface area contributed by atoms with Crippen molar-refractivity contribution in [1.82, 2.24) is 10.3 Å². The van der Waals surface area contributed by atoms with Gasteiger partial charge in [0.1, 0.15) is 9.88 Å². The van der Waals surface area contributed by atoms with Gasteiger partial charge in [-0.2, -0.15) is 0 Å². The van der Waals surface area contributed by atoms with Crippen molar-refractivity contribution < 1.29 is 9.59 Å². The molecule has 26 heavy (non-hydrogen) atoms. The summed E-state index contributed by atoms with van der Waals surface area (Å²) >= 11 is 6.30. The van der Waals surface area contributed by atoms with Crippen molar-refractivity contribution in [2.24, 2.45) is 0 Å². The number of anilines is 1. The summed E-state index contributed by atoms with van der Waals surface area (Å²) in [4.78, 5) is 30.5. The van der Waals surface area contributed by atoms with Crippen LogP contribution in [0, 0.1) is 13.8 Å². The first-order valence-electron chi connectivity index (χ1n) is 7.79. The average molecular weight is 450 g/mol. The molecule has 2 aromatic heterocycles. The van der Waals surface area contributed by atoms with E-state index in [0.29, 0.717) is 10.6 Å². The van der Waals surface area contributed by atoms with Gasteiger partial charge in [-0.05, 0) is 49.1 Å². The predicted molar refractivity (Wildman–Crippen MR) is 110 cm³/mol. The maximum absolute atomic E-state index is 12.4. The number of nitrogens with one attached hydrogen (secondary N) is 2. The summed E-state index contributed by atoms with van der Waals surface area (Å²) in [6.07, 6.45) is 0. The lowest BCUT2D eigenvalue weighted by molar-refractivity contribution is -0.115. The van der Waals surface area contributed by atoms with Crippen LogP contribution >= 0.6 is 38.6 Å². The molecule has 2 heterocycles. The number of aromatic nitrogens is 1. The van der Waals surface area contributed by atoms with Gasteiger partial charge in [0.05, 0.1) is 17.1 Å². The van der Waals surface area contributed by atoms with E-state index in [1.54, 1.807) is 18.3 Å². The summed E-state index contributed by atoms with van der Waals surface area (Å²) in [5.74, 6) is -0.560. The molecule has 0 spiro atoms. The molecular weight excluding hydrogens is 434 g/mol. The fourth-order valence-corrected chi connectivity index (χ4v) is 4.57. The standard InChI is InChI=1S/C18H16BrN3O2S2/c1-10-8-12(19)5-6-13(10)22-15(23)9-20-17(24)16-11(2)21-18(26-16)14-4-3-7-25-14/h3-8H,9H2,1-2H3,(H,20,24)(H,22,23). The first-order chi connectivity index (χ1) is 12.4. The zero-order valence-electron chi connectivity index (χ0n) is 14.1. The molecule has 0 atom stereocenters. The van der Waals surface area contributed by atoms with Gasteiger partial charge in [-0.3, -0.25) is 9.59 Å². The number of thiophene rings is 1. The minimum atomic E-state index is -0.287. The number of aryl methyl sites for hydroxylation is 2. The molecule has 3 rings (SSSR count). The summed E-state index contributed by atoms with van der Waals surface area (Å²) < 4.78 is 0.948. The molecule has 2 N–H and O–H groups in total. The van der Waals surface area contributed by atoms with E-state index in [0.717, 1.165) is 25.6 Å². The van der Waals surface area contributed by atoms with Crippen molar-refractivity contribution >= 4 is 56.1 Å². The molecule has 0 aliphatic rings. The van der Waals surface area contributed by atoms with Gasteiger partial charge in [0, 0.05) is 10.2 Å². The van der Waals surface area contributed by atoms with Crippen LogP contribution in [-0.4, -0.2) is 23.3 Å². The zero-order chi connectivity index (χ0) is 18.7. The van der Waals surface area contributed by atoms with E-state index in [1.165, 1.54) is 11.3 Å². The molecule has 0 radical (unpaired) electrons. The van der Waals surface area contributed by atoms with Gasteiger partial charge >= 0.3 is 0 Å². The second-order valence-electron chi connectivity index (χ2n) is 5.60. The summed E-state index contributed by atoms with van der Waals surface area (Å²) in [5.41, 5.74) is 2.33. The quantitative estimate of drug-likeness (QED) is 0.596. The van der Waals surface area contributed by atoms with Crippen molar-refractivity contribution in [1.29, 1.82) is 0 Å². The van der Waals surface area contributed by atoms with Gasteiger partial charge in [-0.1, -0.05) is 22.0 Å². The van der Waals surface area contributed by atoms with Gasteiger partial charge in [-0.25, -0.2) is 4.98 Å². The second kappa shape index (κ2) is 8.11. The lowest BCUT2D eigenvalue weighted by Gasteiger charge is -2.09. The van der Waals surface area contributed by atoms with Crippen LogP contribution in [0.3, 0.4) is 0 Å². The van der Waals surface area contributed by atoms with E-state index >= 15 is 0 Å². The average Bonchev–Trinajstić information content (AvgIpc) is 3.24. The minimum absolute atomic E-state index is 0.0972. The highest BCUT2D eigenvalue weighted by atomic mass is 79.9. The molecule has 0 unspecified atom stereocenters. The van der Waals surface area contributed by atoms with E-state index < -0.39 is 0 Å². The third kappa shape index (κ3) is 4.38. The van der Waals surface area contributed by atoms with Gasteiger partial charge in [0.2, 0.25) is 5.91 Å². The smallest absolute Gasteiger partial charge is 0.263 e. The molecular formula is C18H16BrN3O2S2. The highest BCUT2D eigenvalue weighted by molar-refractivity contribution is 9.10. The van der Waals surface area contributed by atoms with Crippen molar-refractivity contribution in [2.75, 3.05) is 11.9 Å². The molecule has 1 aromatic carbocycles. The molecule has 0 bridgehead atoms. The van der Waals surface area contributed by atoms with Gasteiger partial charge in [-0.15, -0.1) is 22.7 Å². The van der Waals surface area contributed by atoms with Crippen molar-refractivity contribution in [3.05, 3.63) is 56.3 Å². The van der Waals surface area contributed by atoms with Gasteiger partial charge in [0.15, 0.2) is 0 Å². The zero-order valence-corrected chi connectivity index (χ0v) is 17.3. The Labute approximate surface area is 167 Å². The Morgan fingerprint density at radius 1 is 1.23 bits per heavy atom. The predicted octanol–water partition coefficient (Wildman–Crippen LogP) is 4.62. The van der Waals surface area contributed by atoms with E-state index in [1.807, 2.05) is 42.6 Å². The van der Waals surface area contributed by atoms with Crippen molar-refractivity contribution in [3.8, 4) is 9.88 Å². The molecule has 5 nitrogen and oxygen atoms in total. The number of amides is 2. The van der Waals surface area contributed by atoms with E-state index in [2.05, 4.69) is 31.5 Å². The topological polar surface area (TPSA) is 71.1 Å². The monoisotopic (exact) mass is 449 g/mol. The number of thiazole rings is 1. The van der Waals surface area contributed by atoms with Crippen LogP contribution in [0.5, 0.6) is 0 Å². The second-order valence-corrected chi connectivity index (χ2v) is 8.46. The Morgan fingerprint density at radius 3 is 2.73 bits per heavy atom. The molecule has 2 amide bonds. The molecule has 0 aliphatic carbocycles. The molecule has 0 saturated heterocycles. The van der Waals surface area contributed by atoms with E-state index in [9.17, 15) is 9.59 Å². The Morgan fingerprint density at radius 2 is 2.04 bits per heavy atom. The Bertz CT molecular complexity index is 952.